The number of urea groups is 1. The largest absolute Gasteiger partial charge is 0.329 e. The van der Waals surface area contributed by atoms with Crippen LogP contribution in [0.25, 0.3) is 0 Å². The molecule has 5 nitrogen and oxygen atoms in total. The SMILES string of the molecule is CC(C)CC[C@]1(C)NC(=O)N(C[NH+](C)Cc2c(F)cccc2Cl)C1=O. The van der Waals surface area contributed by atoms with Gasteiger partial charge in [-0.05, 0) is 37.8 Å². The molecule has 2 atom stereocenters. The third kappa shape index (κ3) is 4.50. The number of benzene rings is 1. The van der Waals surface area contributed by atoms with E-state index in [1.807, 2.05) is 0 Å². The maximum absolute atomic E-state index is 13.9. The van der Waals surface area contributed by atoms with Gasteiger partial charge in [-0.2, -0.15) is 0 Å². The lowest BCUT2D eigenvalue weighted by atomic mass is 9.92. The number of hydrogen-bond acceptors (Lipinski definition) is 2. The molecule has 0 aliphatic carbocycles. The number of nitrogens with zero attached hydrogens (tertiary/aromatic N) is 1. The van der Waals surface area contributed by atoms with E-state index in [1.54, 1.807) is 26.1 Å². The van der Waals surface area contributed by atoms with Crippen molar-refractivity contribution >= 4 is 23.5 Å². The molecule has 0 saturated carbocycles. The molecular formula is C18H26ClFN3O2+. The van der Waals surface area contributed by atoms with Crippen LogP contribution < -0.4 is 10.2 Å². The summed E-state index contributed by atoms with van der Waals surface area (Å²) in [6.07, 6.45) is 1.45. The lowest BCUT2D eigenvalue weighted by molar-refractivity contribution is -0.901. The topological polar surface area (TPSA) is 53.9 Å². The second-order valence-corrected chi connectivity index (χ2v) is 7.83. The fraction of sp³-hybridized carbons (Fsp3) is 0.556. The van der Waals surface area contributed by atoms with Crippen molar-refractivity contribution in [3.05, 3.63) is 34.6 Å². The molecule has 1 fully saturated rings. The summed E-state index contributed by atoms with van der Waals surface area (Å²) in [7, 11) is 1.80. The Kier molecular flexibility index (Phi) is 6.06. The van der Waals surface area contributed by atoms with Crippen LogP contribution in [0.3, 0.4) is 0 Å². The van der Waals surface area contributed by atoms with Gasteiger partial charge in [0.25, 0.3) is 5.91 Å². The van der Waals surface area contributed by atoms with Crippen LogP contribution in [0.2, 0.25) is 5.02 Å². The molecule has 1 unspecified atom stereocenters. The van der Waals surface area contributed by atoms with Crippen molar-refractivity contribution in [2.24, 2.45) is 5.92 Å². The molecule has 1 aromatic carbocycles. The van der Waals surface area contributed by atoms with Crippen LogP contribution in [0.5, 0.6) is 0 Å². The Bertz CT molecular complexity index is 647. The van der Waals surface area contributed by atoms with Crippen LogP contribution in [0.4, 0.5) is 9.18 Å². The number of rotatable bonds is 7. The first-order valence-corrected chi connectivity index (χ1v) is 8.90. The average molecular weight is 371 g/mol. The van der Waals surface area contributed by atoms with Gasteiger partial charge in [0.1, 0.15) is 17.9 Å². The molecule has 3 amide bonds. The van der Waals surface area contributed by atoms with Gasteiger partial charge >= 0.3 is 6.03 Å². The summed E-state index contributed by atoms with van der Waals surface area (Å²) in [5.74, 6) is -0.157. The Labute approximate surface area is 153 Å². The van der Waals surface area contributed by atoms with Crippen LogP contribution in [0.1, 0.15) is 39.2 Å². The van der Waals surface area contributed by atoms with Crippen molar-refractivity contribution < 1.29 is 18.9 Å². The molecule has 2 N–H and O–H groups in total. The Morgan fingerprint density at radius 1 is 1.36 bits per heavy atom. The highest BCUT2D eigenvalue weighted by atomic mass is 35.5. The normalized spacial score (nSPS) is 21.8. The van der Waals surface area contributed by atoms with Gasteiger partial charge in [0.15, 0.2) is 6.67 Å². The quantitative estimate of drug-likeness (QED) is 0.723. The van der Waals surface area contributed by atoms with Gasteiger partial charge in [-0.1, -0.05) is 31.5 Å². The molecule has 0 aromatic heterocycles. The first kappa shape index (κ1) is 19.7. The zero-order valence-electron chi connectivity index (χ0n) is 15.2. The second-order valence-electron chi connectivity index (χ2n) is 7.42. The number of halogens is 2. The summed E-state index contributed by atoms with van der Waals surface area (Å²) >= 11 is 6.05. The van der Waals surface area contributed by atoms with E-state index in [1.165, 1.54) is 11.0 Å². The molecule has 0 radical (unpaired) electrons. The highest BCUT2D eigenvalue weighted by Gasteiger charge is 2.48. The fourth-order valence-corrected chi connectivity index (χ4v) is 3.20. The lowest BCUT2D eigenvalue weighted by Gasteiger charge is -2.23. The van der Waals surface area contributed by atoms with Gasteiger partial charge in [-0.3, -0.25) is 4.79 Å². The van der Waals surface area contributed by atoms with Crippen molar-refractivity contribution in [1.82, 2.24) is 10.2 Å². The minimum atomic E-state index is -0.864. The fourth-order valence-electron chi connectivity index (χ4n) is 2.97. The molecule has 1 aliphatic heterocycles. The average Bonchev–Trinajstić information content (AvgIpc) is 2.73. The van der Waals surface area contributed by atoms with Gasteiger partial charge in [0.2, 0.25) is 0 Å². The van der Waals surface area contributed by atoms with Crippen molar-refractivity contribution in [2.75, 3.05) is 13.7 Å². The number of nitrogens with one attached hydrogen (secondary N) is 2. The summed E-state index contributed by atoms with van der Waals surface area (Å²) < 4.78 is 13.9. The van der Waals surface area contributed by atoms with Crippen LogP contribution in [-0.4, -0.2) is 36.1 Å². The Morgan fingerprint density at radius 3 is 2.64 bits per heavy atom. The van der Waals surface area contributed by atoms with Crippen molar-refractivity contribution in [1.29, 1.82) is 0 Å². The Hall–Kier alpha value is -1.66. The molecule has 0 bridgehead atoms. The van der Waals surface area contributed by atoms with E-state index < -0.39 is 11.6 Å². The van der Waals surface area contributed by atoms with Crippen molar-refractivity contribution in [2.45, 2.75) is 45.7 Å². The zero-order chi connectivity index (χ0) is 18.8. The van der Waals surface area contributed by atoms with E-state index in [4.69, 9.17) is 11.6 Å². The zero-order valence-corrected chi connectivity index (χ0v) is 15.9. The summed E-state index contributed by atoms with van der Waals surface area (Å²) in [5, 5.41) is 3.15. The minimum absolute atomic E-state index is 0.159. The van der Waals surface area contributed by atoms with Crippen molar-refractivity contribution in [3.8, 4) is 0 Å². The molecule has 1 aromatic rings. The molecule has 1 aliphatic rings. The molecule has 1 heterocycles. The number of quaternary nitrogens is 1. The maximum atomic E-state index is 13.9. The van der Waals surface area contributed by atoms with Crippen LogP contribution in [-0.2, 0) is 11.3 Å². The van der Waals surface area contributed by atoms with E-state index in [0.717, 1.165) is 11.3 Å². The molecular weight excluding hydrogens is 345 g/mol. The number of carbonyl (C=O) groups is 2. The molecule has 2 rings (SSSR count). The summed E-state index contributed by atoms with van der Waals surface area (Å²) in [6.45, 7) is 6.37. The summed E-state index contributed by atoms with van der Waals surface area (Å²) in [4.78, 5) is 27.0. The first-order chi connectivity index (χ1) is 11.6. The molecule has 25 heavy (non-hydrogen) atoms. The van der Waals surface area contributed by atoms with Gasteiger partial charge < -0.3 is 10.2 Å². The number of carbonyl (C=O) groups excluding carboxylic acids is 2. The Balaban J connectivity index is 2.04. The first-order valence-electron chi connectivity index (χ1n) is 8.52. The van der Waals surface area contributed by atoms with E-state index in [-0.39, 0.29) is 24.9 Å². The highest BCUT2D eigenvalue weighted by Crippen LogP contribution is 2.24. The standard InChI is InChI=1S/C18H25ClFN3O2/c1-12(2)8-9-18(3)16(24)23(17(25)21-18)11-22(4)10-13-14(19)6-5-7-15(13)20/h5-7,12H,8-11H2,1-4H3,(H,21,25)/p+1/t18-/m0/s1. The predicted molar refractivity (Wildman–Crippen MR) is 94.7 cm³/mol. The van der Waals surface area contributed by atoms with Gasteiger partial charge in [-0.15, -0.1) is 0 Å². The maximum Gasteiger partial charge on any atom is 0.329 e. The van der Waals surface area contributed by atoms with Crippen LogP contribution >= 0.6 is 11.6 Å². The number of imide groups is 1. The smallest absolute Gasteiger partial charge is 0.323 e. The molecule has 1 saturated heterocycles. The van der Waals surface area contributed by atoms with E-state index >= 15 is 0 Å². The highest BCUT2D eigenvalue weighted by molar-refractivity contribution is 6.31. The summed E-state index contributed by atoms with van der Waals surface area (Å²) in [5.41, 5.74) is -0.478. The van der Waals surface area contributed by atoms with E-state index in [9.17, 15) is 14.0 Å². The van der Waals surface area contributed by atoms with E-state index in [0.29, 0.717) is 22.9 Å². The van der Waals surface area contributed by atoms with E-state index in [2.05, 4.69) is 19.2 Å². The van der Waals surface area contributed by atoms with Crippen LogP contribution in [0, 0.1) is 11.7 Å². The third-order valence-corrected chi connectivity index (χ3v) is 4.89. The van der Waals surface area contributed by atoms with Gasteiger partial charge in [0, 0.05) is 0 Å². The predicted octanol–water partition coefficient (Wildman–Crippen LogP) is 2.20. The second kappa shape index (κ2) is 7.70. The third-order valence-electron chi connectivity index (χ3n) is 4.54. The van der Waals surface area contributed by atoms with Gasteiger partial charge in [-0.25, -0.2) is 14.1 Å². The van der Waals surface area contributed by atoms with Gasteiger partial charge in [0.05, 0.1) is 17.6 Å². The monoisotopic (exact) mass is 370 g/mol. The summed E-state index contributed by atoms with van der Waals surface area (Å²) in [6, 6.07) is 4.14. The minimum Gasteiger partial charge on any atom is -0.323 e. The number of hydrogen-bond donors (Lipinski definition) is 2. The molecule has 138 valence electrons. The Morgan fingerprint density at radius 2 is 2.04 bits per heavy atom. The van der Waals surface area contributed by atoms with Crippen molar-refractivity contribution in [3.63, 3.8) is 0 Å². The van der Waals surface area contributed by atoms with Crippen LogP contribution in [0.15, 0.2) is 18.2 Å². The lowest BCUT2D eigenvalue weighted by Crippen LogP contribution is -3.09. The molecule has 7 heteroatoms. The molecule has 0 spiro atoms. The number of amides is 3.